The lowest BCUT2D eigenvalue weighted by molar-refractivity contribution is -0.324. The minimum Gasteiger partial charge on any atom is -0.396 e. The molecule has 1 aromatic rings. The number of nitrogen functional groups attached to an aromatic ring is 1. The van der Waals surface area contributed by atoms with Crippen molar-refractivity contribution in [3.05, 3.63) is 29.6 Å². The summed E-state index contributed by atoms with van der Waals surface area (Å²) in [5, 5.41) is 0. The summed E-state index contributed by atoms with van der Waals surface area (Å²) in [6, 6.07) is 3.28. The van der Waals surface area contributed by atoms with Crippen molar-refractivity contribution in [2.24, 2.45) is 0 Å². The highest BCUT2D eigenvalue weighted by atomic mass is 19.4. The molecule has 1 rings (SSSR count). The van der Waals surface area contributed by atoms with Crippen LogP contribution in [0.2, 0.25) is 0 Å². The van der Waals surface area contributed by atoms with Crippen molar-refractivity contribution in [3.8, 4) is 0 Å². The maximum atomic E-state index is 13.3. The molecular weight excluding hydrogens is 283 g/mol. The van der Waals surface area contributed by atoms with Gasteiger partial charge in [-0.2, -0.15) is 26.3 Å². The van der Waals surface area contributed by atoms with Crippen LogP contribution in [-0.2, 0) is 11.3 Å². The zero-order chi connectivity index (χ0) is 14.8. The minimum atomic E-state index is -5.63. The smallest absolute Gasteiger partial charge is 0.396 e. The van der Waals surface area contributed by atoms with Crippen molar-refractivity contribution in [2.45, 2.75) is 25.1 Å². The number of nitrogens with two attached hydrogens (primary N) is 1. The summed E-state index contributed by atoms with van der Waals surface area (Å²) in [4.78, 5) is 0. The van der Waals surface area contributed by atoms with Crippen LogP contribution in [0.25, 0.3) is 0 Å². The molecule has 0 bridgehead atoms. The molecule has 19 heavy (non-hydrogen) atoms. The van der Waals surface area contributed by atoms with Crippen LogP contribution >= 0.6 is 0 Å². The molecule has 0 aliphatic rings. The Bertz CT molecular complexity index is 426. The van der Waals surface area contributed by atoms with E-state index in [0.717, 1.165) is 12.1 Å². The second kappa shape index (κ2) is 5.24. The average Bonchev–Trinajstić information content (AvgIpc) is 2.20. The van der Waals surface area contributed by atoms with Gasteiger partial charge in [0.25, 0.3) is 0 Å². The molecule has 0 amide bonds. The first kappa shape index (κ1) is 15.5. The highest BCUT2D eigenvalue weighted by molar-refractivity contribution is 5.42. The maximum Gasteiger partial charge on any atom is 0.423 e. The molecule has 0 fully saturated rings. The van der Waals surface area contributed by atoms with Gasteiger partial charge >= 0.3 is 12.4 Å². The van der Waals surface area contributed by atoms with Crippen molar-refractivity contribution >= 4 is 5.69 Å². The first-order valence-corrected chi connectivity index (χ1v) is 4.81. The van der Waals surface area contributed by atoms with Gasteiger partial charge in [0.1, 0.15) is 0 Å². The van der Waals surface area contributed by atoms with Crippen molar-refractivity contribution in [3.63, 3.8) is 0 Å². The summed E-state index contributed by atoms with van der Waals surface area (Å²) in [5.74, 6) is -1.11. The summed E-state index contributed by atoms with van der Waals surface area (Å²) in [5.41, 5.74) is 4.24. The van der Waals surface area contributed by atoms with Gasteiger partial charge in [-0.3, -0.25) is 0 Å². The van der Waals surface area contributed by atoms with Gasteiger partial charge in [-0.05, 0) is 6.07 Å². The Kier molecular flexibility index (Phi) is 4.28. The number of hydrogen-bond donors (Lipinski definition) is 1. The molecule has 0 heterocycles. The Morgan fingerprint density at radius 1 is 1.05 bits per heavy atom. The van der Waals surface area contributed by atoms with E-state index in [1.165, 1.54) is 6.07 Å². The van der Waals surface area contributed by atoms with E-state index < -0.39 is 42.1 Å². The number of alkyl halides is 6. The quantitative estimate of drug-likeness (QED) is 0.684. The number of hydrogen-bond acceptors (Lipinski definition) is 2. The lowest BCUT2D eigenvalue weighted by Crippen LogP contribution is -2.44. The van der Waals surface area contributed by atoms with Crippen molar-refractivity contribution in [2.75, 3.05) is 5.73 Å². The fourth-order valence-electron chi connectivity index (χ4n) is 1.26. The van der Waals surface area contributed by atoms with E-state index in [4.69, 9.17) is 5.73 Å². The molecule has 0 aliphatic carbocycles. The van der Waals surface area contributed by atoms with Gasteiger partial charge in [0, 0.05) is 5.56 Å². The highest BCUT2D eigenvalue weighted by Gasteiger charge is 2.58. The lowest BCUT2D eigenvalue weighted by Gasteiger charge is -2.23. The van der Waals surface area contributed by atoms with Crippen LogP contribution in [-0.4, -0.2) is 18.5 Å². The predicted molar refractivity (Wildman–Crippen MR) is 51.5 cm³/mol. The molecular formula is C10H8F7NO. The van der Waals surface area contributed by atoms with Gasteiger partial charge < -0.3 is 10.5 Å². The third-order valence-electron chi connectivity index (χ3n) is 2.11. The first-order valence-electron chi connectivity index (χ1n) is 4.81. The molecule has 2 nitrogen and oxygen atoms in total. The Morgan fingerprint density at radius 2 is 1.58 bits per heavy atom. The van der Waals surface area contributed by atoms with Crippen LogP contribution in [0, 0.1) is 5.82 Å². The summed E-state index contributed by atoms with van der Waals surface area (Å²) < 4.78 is 89.8. The van der Waals surface area contributed by atoms with Crippen molar-refractivity contribution in [1.29, 1.82) is 0 Å². The summed E-state index contributed by atoms with van der Waals surface area (Å²) in [6.45, 7) is -1.19. The second-order valence-electron chi connectivity index (χ2n) is 3.59. The highest BCUT2D eigenvalue weighted by Crippen LogP contribution is 2.36. The molecule has 2 N–H and O–H groups in total. The molecule has 0 saturated heterocycles. The van der Waals surface area contributed by atoms with E-state index in [0.29, 0.717) is 0 Å². The minimum absolute atomic E-state index is 0.392. The third-order valence-corrected chi connectivity index (χ3v) is 2.11. The number of rotatable bonds is 3. The lowest BCUT2D eigenvalue weighted by atomic mass is 10.2. The summed E-state index contributed by atoms with van der Waals surface area (Å²) in [6.07, 6.45) is -15.2. The molecule has 0 atom stereocenters. The summed E-state index contributed by atoms with van der Waals surface area (Å²) in [7, 11) is 0. The van der Waals surface area contributed by atoms with Crippen LogP contribution in [0.3, 0.4) is 0 Å². The van der Waals surface area contributed by atoms with Crippen LogP contribution in [0.15, 0.2) is 18.2 Å². The second-order valence-corrected chi connectivity index (χ2v) is 3.59. The largest absolute Gasteiger partial charge is 0.423 e. The van der Waals surface area contributed by atoms with E-state index in [2.05, 4.69) is 4.74 Å². The van der Waals surface area contributed by atoms with E-state index in [-0.39, 0.29) is 0 Å². The monoisotopic (exact) mass is 291 g/mol. The van der Waals surface area contributed by atoms with E-state index >= 15 is 0 Å². The molecule has 0 aliphatic heterocycles. The van der Waals surface area contributed by atoms with E-state index in [1.807, 2.05) is 0 Å². The fraction of sp³-hybridized carbons (Fsp3) is 0.400. The molecule has 0 aromatic heterocycles. The summed E-state index contributed by atoms with van der Waals surface area (Å²) >= 11 is 0. The van der Waals surface area contributed by atoms with Crippen LogP contribution in [0.5, 0.6) is 0 Å². The predicted octanol–water partition coefficient (Wildman–Crippen LogP) is 3.42. The normalized spacial score (nSPS) is 13.1. The SMILES string of the molecule is Nc1cccc(COC(C(F)(F)F)C(F)(F)F)c1F. The fourth-order valence-corrected chi connectivity index (χ4v) is 1.26. The molecule has 0 unspecified atom stereocenters. The Morgan fingerprint density at radius 3 is 2.05 bits per heavy atom. The number of ether oxygens (including phenoxy) is 1. The first-order chi connectivity index (χ1) is 8.53. The third kappa shape index (κ3) is 3.98. The average molecular weight is 291 g/mol. The van der Waals surface area contributed by atoms with Crippen molar-refractivity contribution in [1.82, 2.24) is 0 Å². The Hall–Kier alpha value is -1.51. The number of anilines is 1. The molecule has 108 valence electrons. The maximum absolute atomic E-state index is 13.3. The van der Waals surface area contributed by atoms with Crippen LogP contribution in [0.1, 0.15) is 5.56 Å². The molecule has 1 aromatic carbocycles. The standard InChI is InChI=1S/C10H8F7NO/c11-7-5(2-1-3-6(7)18)4-19-8(9(12,13)14)10(15,16)17/h1-3,8H,4,18H2. The molecule has 0 spiro atoms. The zero-order valence-corrected chi connectivity index (χ0v) is 9.15. The van der Waals surface area contributed by atoms with Gasteiger partial charge in [0.2, 0.25) is 6.10 Å². The van der Waals surface area contributed by atoms with E-state index in [9.17, 15) is 30.7 Å². The Labute approximate surface area is 103 Å². The van der Waals surface area contributed by atoms with Crippen molar-refractivity contribution < 1.29 is 35.5 Å². The van der Waals surface area contributed by atoms with Gasteiger partial charge in [-0.15, -0.1) is 0 Å². The van der Waals surface area contributed by atoms with Gasteiger partial charge in [0.05, 0.1) is 12.3 Å². The van der Waals surface area contributed by atoms with Crippen LogP contribution in [0.4, 0.5) is 36.4 Å². The van der Waals surface area contributed by atoms with Gasteiger partial charge in [-0.25, -0.2) is 4.39 Å². The molecule has 9 heteroatoms. The topological polar surface area (TPSA) is 35.2 Å². The molecule has 0 saturated carbocycles. The van der Waals surface area contributed by atoms with Crippen LogP contribution < -0.4 is 5.73 Å². The number of halogens is 7. The Balaban J connectivity index is 2.86. The van der Waals surface area contributed by atoms with Gasteiger partial charge in [0.15, 0.2) is 5.82 Å². The van der Waals surface area contributed by atoms with Gasteiger partial charge in [-0.1, -0.05) is 12.1 Å². The zero-order valence-electron chi connectivity index (χ0n) is 9.15. The number of benzene rings is 1. The van der Waals surface area contributed by atoms with E-state index in [1.54, 1.807) is 0 Å². The molecule has 0 radical (unpaired) electrons.